The van der Waals surface area contributed by atoms with E-state index in [-0.39, 0.29) is 0 Å². The van der Waals surface area contributed by atoms with E-state index in [1.165, 1.54) is 24.4 Å². The Kier molecular flexibility index (Phi) is 4.52. The molecule has 1 saturated carbocycles. The number of rotatable bonds is 5. The lowest BCUT2D eigenvalue weighted by atomic mass is 10.2. The number of anilines is 1. The quantitative estimate of drug-likeness (QED) is 0.814. The van der Waals surface area contributed by atoms with Crippen molar-refractivity contribution >= 4 is 17.9 Å². The molecule has 1 aliphatic carbocycles. The molecule has 0 unspecified atom stereocenters. The summed E-state index contributed by atoms with van der Waals surface area (Å²) in [7, 11) is 3.75. The summed E-state index contributed by atoms with van der Waals surface area (Å²) in [5.74, 6) is 2.71. The number of ether oxygens (including phenoxy) is 1. The van der Waals surface area contributed by atoms with E-state index >= 15 is 0 Å². The van der Waals surface area contributed by atoms with Gasteiger partial charge in [-0.1, -0.05) is 0 Å². The van der Waals surface area contributed by atoms with Crippen LogP contribution in [0.1, 0.15) is 24.6 Å². The van der Waals surface area contributed by atoms with Crippen LogP contribution in [0.15, 0.2) is 24.3 Å². The molecule has 1 saturated heterocycles. The molecule has 2 heterocycles. The molecule has 0 atom stereocenters. The molecule has 134 valence electrons. The molecule has 0 amide bonds. The minimum Gasteiger partial charge on any atom is -0.497 e. The van der Waals surface area contributed by atoms with Crippen LogP contribution in [-0.2, 0) is 13.7 Å². The molecule has 25 heavy (non-hydrogen) atoms. The first-order chi connectivity index (χ1) is 12.2. The van der Waals surface area contributed by atoms with Crippen LogP contribution in [0.5, 0.6) is 5.75 Å². The molecule has 6 nitrogen and oxygen atoms in total. The minimum absolute atomic E-state index is 0.634. The van der Waals surface area contributed by atoms with Gasteiger partial charge in [0.1, 0.15) is 11.6 Å². The summed E-state index contributed by atoms with van der Waals surface area (Å²) in [6.07, 6.45) is 2.51. The van der Waals surface area contributed by atoms with Crippen molar-refractivity contribution in [1.29, 1.82) is 0 Å². The third-order valence-corrected chi connectivity index (χ3v) is 5.78. The van der Waals surface area contributed by atoms with E-state index in [9.17, 15) is 0 Å². The number of quaternary nitrogens is 1. The molecule has 2 aliphatic rings. The summed E-state index contributed by atoms with van der Waals surface area (Å²) in [5, 5.41) is 4.79. The van der Waals surface area contributed by atoms with Crippen LogP contribution in [0.2, 0.25) is 0 Å². The first kappa shape index (κ1) is 16.6. The molecule has 2 aromatic rings. The van der Waals surface area contributed by atoms with Crippen molar-refractivity contribution in [3.05, 3.63) is 34.9 Å². The van der Waals surface area contributed by atoms with Crippen molar-refractivity contribution in [3.8, 4) is 5.75 Å². The molecule has 7 heteroatoms. The molecule has 1 aromatic heterocycles. The van der Waals surface area contributed by atoms with Gasteiger partial charge in [-0.15, -0.1) is 0 Å². The van der Waals surface area contributed by atoms with Gasteiger partial charge in [-0.25, -0.2) is 0 Å². The van der Waals surface area contributed by atoms with Crippen molar-refractivity contribution in [3.63, 3.8) is 0 Å². The number of nitrogens with zero attached hydrogens (tertiary/aromatic N) is 4. The van der Waals surface area contributed by atoms with Gasteiger partial charge in [0.15, 0.2) is 6.67 Å². The normalized spacial score (nSPS) is 18.6. The van der Waals surface area contributed by atoms with E-state index in [2.05, 4.69) is 28.6 Å². The fourth-order valence-electron chi connectivity index (χ4n) is 3.55. The lowest BCUT2D eigenvalue weighted by molar-refractivity contribution is -0.924. The smallest absolute Gasteiger partial charge is 0.202 e. The Morgan fingerprint density at radius 3 is 2.48 bits per heavy atom. The highest BCUT2D eigenvalue weighted by atomic mass is 32.1. The van der Waals surface area contributed by atoms with Gasteiger partial charge in [0, 0.05) is 18.7 Å². The number of piperazine rings is 1. The summed E-state index contributed by atoms with van der Waals surface area (Å²) < 4.78 is 10.2. The van der Waals surface area contributed by atoms with Crippen LogP contribution in [-0.4, -0.2) is 47.6 Å². The largest absolute Gasteiger partial charge is 0.497 e. The van der Waals surface area contributed by atoms with Crippen LogP contribution in [0.4, 0.5) is 5.69 Å². The zero-order chi connectivity index (χ0) is 17.4. The molecule has 1 aromatic carbocycles. The Balaban J connectivity index is 1.37. The average molecular weight is 361 g/mol. The van der Waals surface area contributed by atoms with Gasteiger partial charge in [-0.2, -0.15) is 9.78 Å². The average Bonchev–Trinajstić information content (AvgIpc) is 3.45. The summed E-state index contributed by atoms with van der Waals surface area (Å²) in [5.41, 5.74) is 1.27. The monoisotopic (exact) mass is 360 g/mol. The predicted octanol–water partition coefficient (Wildman–Crippen LogP) is 1.20. The molecule has 0 radical (unpaired) electrons. The van der Waals surface area contributed by atoms with Gasteiger partial charge in [0.25, 0.3) is 0 Å². The molecular weight excluding hydrogens is 334 g/mol. The molecule has 4 rings (SSSR count). The fraction of sp³-hybridized carbons (Fsp3) is 0.556. The zero-order valence-electron chi connectivity index (χ0n) is 14.9. The number of nitrogens with one attached hydrogen (secondary N) is 1. The molecule has 1 aliphatic heterocycles. The second kappa shape index (κ2) is 6.80. The highest BCUT2D eigenvalue weighted by Gasteiger charge is 2.30. The van der Waals surface area contributed by atoms with Crippen molar-refractivity contribution in [2.24, 2.45) is 7.05 Å². The van der Waals surface area contributed by atoms with Gasteiger partial charge in [-0.05, 0) is 49.3 Å². The number of aromatic nitrogens is 3. The summed E-state index contributed by atoms with van der Waals surface area (Å²) in [6, 6.07) is 8.34. The Bertz CT molecular complexity index is 785. The highest BCUT2D eigenvalue weighted by Crippen LogP contribution is 2.38. The van der Waals surface area contributed by atoms with Gasteiger partial charge >= 0.3 is 0 Å². The Morgan fingerprint density at radius 1 is 1.20 bits per heavy atom. The maximum Gasteiger partial charge on any atom is 0.202 e. The van der Waals surface area contributed by atoms with E-state index in [1.807, 2.05) is 16.8 Å². The van der Waals surface area contributed by atoms with Crippen LogP contribution >= 0.6 is 12.2 Å². The Morgan fingerprint density at radius 2 is 1.88 bits per heavy atom. The van der Waals surface area contributed by atoms with Crippen LogP contribution < -0.4 is 14.5 Å². The van der Waals surface area contributed by atoms with Crippen LogP contribution in [0, 0.1) is 4.77 Å². The third kappa shape index (κ3) is 3.43. The van der Waals surface area contributed by atoms with Gasteiger partial charge in [-0.3, -0.25) is 0 Å². The molecule has 0 bridgehead atoms. The number of methoxy groups -OCH3 is 1. The maximum atomic E-state index is 5.58. The second-order valence-corrected chi connectivity index (χ2v) is 7.43. The van der Waals surface area contributed by atoms with Crippen molar-refractivity contribution in [1.82, 2.24) is 14.3 Å². The molecule has 2 fully saturated rings. The fourth-order valence-corrected chi connectivity index (χ4v) is 3.75. The number of hydrogen-bond acceptors (Lipinski definition) is 4. The summed E-state index contributed by atoms with van der Waals surface area (Å²) in [6.45, 7) is 5.18. The lowest BCUT2D eigenvalue weighted by Gasteiger charge is -2.33. The van der Waals surface area contributed by atoms with Gasteiger partial charge < -0.3 is 19.1 Å². The number of benzene rings is 1. The highest BCUT2D eigenvalue weighted by molar-refractivity contribution is 7.71. The van der Waals surface area contributed by atoms with Crippen LogP contribution in [0.3, 0.4) is 0 Å². The van der Waals surface area contributed by atoms with Crippen molar-refractivity contribution in [2.75, 3.05) is 38.2 Å². The van der Waals surface area contributed by atoms with Crippen molar-refractivity contribution in [2.45, 2.75) is 25.4 Å². The van der Waals surface area contributed by atoms with E-state index in [1.54, 1.807) is 12.0 Å². The zero-order valence-corrected chi connectivity index (χ0v) is 15.8. The first-order valence-electron chi connectivity index (χ1n) is 9.02. The molecular formula is C18H26N5OS+. The van der Waals surface area contributed by atoms with Crippen LogP contribution in [0.25, 0.3) is 0 Å². The SMILES string of the molecule is COc1ccc(N2CC[NH+](Cn3nc(C4CC4)n(C)c3=S)CC2)cc1. The lowest BCUT2D eigenvalue weighted by Crippen LogP contribution is -3.14. The van der Waals surface area contributed by atoms with E-state index < -0.39 is 0 Å². The summed E-state index contributed by atoms with van der Waals surface area (Å²) >= 11 is 5.58. The van der Waals surface area contributed by atoms with Gasteiger partial charge in [0.05, 0.1) is 33.3 Å². The van der Waals surface area contributed by atoms with E-state index in [4.69, 9.17) is 22.1 Å². The standard InChI is InChI=1S/C18H25N5OS/c1-20-17(14-3-4-14)19-23(18(20)25)13-21-9-11-22(12-10-21)15-5-7-16(24-2)8-6-15/h5-8,14H,3-4,9-13H2,1-2H3/p+1. The Hall–Kier alpha value is -1.86. The topological polar surface area (TPSA) is 39.7 Å². The molecule has 0 spiro atoms. The Labute approximate surface area is 153 Å². The number of hydrogen-bond donors (Lipinski definition) is 1. The third-order valence-electron chi connectivity index (χ3n) is 5.30. The van der Waals surface area contributed by atoms with Gasteiger partial charge in [0.2, 0.25) is 4.77 Å². The maximum absolute atomic E-state index is 5.58. The van der Waals surface area contributed by atoms with Crippen molar-refractivity contribution < 1.29 is 9.64 Å². The molecule has 1 N–H and O–H groups in total. The minimum atomic E-state index is 0.634. The van der Waals surface area contributed by atoms with E-state index in [0.29, 0.717) is 5.92 Å². The first-order valence-corrected chi connectivity index (χ1v) is 9.43. The summed E-state index contributed by atoms with van der Waals surface area (Å²) in [4.78, 5) is 3.98. The second-order valence-electron chi connectivity index (χ2n) is 7.07. The van der Waals surface area contributed by atoms with E-state index in [0.717, 1.165) is 43.4 Å². The predicted molar refractivity (Wildman–Crippen MR) is 99.9 cm³/mol.